The summed E-state index contributed by atoms with van der Waals surface area (Å²) in [5, 5.41) is 3.53. The van der Waals surface area contributed by atoms with Crippen LogP contribution in [0.3, 0.4) is 0 Å². The Morgan fingerprint density at radius 1 is 1.44 bits per heavy atom. The molecule has 1 aliphatic carbocycles. The van der Waals surface area contributed by atoms with Crippen molar-refractivity contribution in [3.8, 4) is 0 Å². The van der Waals surface area contributed by atoms with Crippen molar-refractivity contribution in [2.45, 2.75) is 45.1 Å². The Labute approximate surface area is 59.3 Å². The quantitative estimate of drug-likeness (QED) is 0.616. The van der Waals surface area contributed by atoms with E-state index in [1.807, 2.05) is 0 Å². The molecule has 0 aromatic rings. The van der Waals surface area contributed by atoms with Gasteiger partial charge in [-0.1, -0.05) is 19.8 Å². The molecule has 1 heteroatoms. The Hall–Kier alpha value is -0.0400. The molecule has 0 radical (unpaired) electrons. The molecule has 1 nitrogen and oxygen atoms in total. The third kappa shape index (κ3) is 2.35. The van der Waals surface area contributed by atoms with Gasteiger partial charge in [-0.25, -0.2) is 0 Å². The van der Waals surface area contributed by atoms with E-state index < -0.39 is 0 Å². The molecule has 56 valence electrons. The van der Waals surface area contributed by atoms with E-state index >= 15 is 0 Å². The zero-order valence-corrected chi connectivity index (χ0v) is 6.32. The van der Waals surface area contributed by atoms with Gasteiger partial charge in [-0.3, -0.25) is 0 Å². The first-order chi connectivity index (χ1) is 4.43. The number of hydrogen-bond acceptors (Lipinski definition) is 1. The van der Waals surface area contributed by atoms with E-state index in [-0.39, 0.29) is 1.43 Å². The fourth-order valence-electron chi connectivity index (χ4n) is 1.48. The largest absolute Gasteiger partial charge is 0.314 e. The summed E-state index contributed by atoms with van der Waals surface area (Å²) >= 11 is 0. The second-order valence-corrected chi connectivity index (χ2v) is 2.94. The average Bonchev–Trinajstić information content (AvgIpc) is 2.34. The minimum absolute atomic E-state index is 0. The van der Waals surface area contributed by atoms with E-state index in [4.69, 9.17) is 0 Å². The van der Waals surface area contributed by atoms with Crippen LogP contribution < -0.4 is 5.32 Å². The SMILES string of the molecule is CCCNC1CCCC1.[HH]. The number of hydrogen-bond donors (Lipinski definition) is 1. The van der Waals surface area contributed by atoms with Gasteiger partial charge in [0, 0.05) is 7.47 Å². The summed E-state index contributed by atoms with van der Waals surface area (Å²) in [6.45, 7) is 3.44. The van der Waals surface area contributed by atoms with Gasteiger partial charge in [-0.15, -0.1) is 0 Å². The molecule has 0 spiro atoms. The van der Waals surface area contributed by atoms with Crippen molar-refractivity contribution in [2.75, 3.05) is 6.54 Å². The molecule has 0 unspecified atom stereocenters. The maximum absolute atomic E-state index is 3.53. The van der Waals surface area contributed by atoms with Crippen LogP contribution in [0.15, 0.2) is 0 Å². The van der Waals surface area contributed by atoms with Crippen molar-refractivity contribution in [1.82, 2.24) is 5.32 Å². The van der Waals surface area contributed by atoms with Gasteiger partial charge < -0.3 is 5.32 Å². The van der Waals surface area contributed by atoms with E-state index in [0.29, 0.717) is 0 Å². The maximum Gasteiger partial charge on any atom is 0.00670 e. The van der Waals surface area contributed by atoms with Crippen molar-refractivity contribution in [2.24, 2.45) is 0 Å². The summed E-state index contributed by atoms with van der Waals surface area (Å²) in [6, 6.07) is 0.866. The molecular weight excluding hydrogens is 110 g/mol. The normalized spacial score (nSPS) is 21.0. The van der Waals surface area contributed by atoms with Crippen LogP contribution >= 0.6 is 0 Å². The van der Waals surface area contributed by atoms with Gasteiger partial charge in [-0.05, 0) is 25.8 Å². The lowest BCUT2D eigenvalue weighted by atomic mass is 10.2. The highest BCUT2D eigenvalue weighted by molar-refractivity contribution is 4.72. The molecule has 0 amide bonds. The molecule has 0 aliphatic heterocycles. The van der Waals surface area contributed by atoms with Crippen molar-refractivity contribution in [3.63, 3.8) is 0 Å². The second-order valence-electron chi connectivity index (χ2n) is 2.94. The van der Waals surface area contributed by atoms with E-state index in [1.165, 1.54) is 38.6 Å². The molecule has 0 atom stereocenters. The summed E-state index contributed by atoms with van der Waals surface area (Å²) in [5.41, 5.74) is 0. The molecule has 1 N–H and O–H groups in total. The predicted octanol–water partition coefficient (Wildman–Crippen LogP) is 2.17. The van der Waals surface area contributed by atoms with Gasteiger partial charge in [0.15, 0.2) is 0 Å². The molecule has 0 bridgehead atoms. The topological polar surface area (TPSA) is 12.0 Å². The van der Waals surface area contributed by atoms with Crippen LogP contribution in [0.1, 0.15) is 40.5 Å². The molecule has 1 aliphatic rings. The zero-order chi connectivity index (χ0) is 6.53. The first-order valence-electron chi connectivity index (χ1n) is 4.17. The molecule has 9 heavy (non-hydrogen) atoms. The molecular formula is C8H19N. The fraction of sp³-hybridized carbons (Fsp3) is 1.00. The van der Waals surface area contributed by atoms with Gasteiger partial charge in [0.2, 0.25) is 0 Å². The summed E-state index contributed by atoms with van der Waals surface area (Å²) in [5.74, 6) is 0. The third-order valence-electron chi connectivity index (χ3n) is 2.04. The molecule has 0 saturated heterocycles. The first-order valence-corrected chi connectivity index (χ1v) is 4.17. The predicted molar refractivity (Wildman–Crippen MR) is 42.7 cm³/mol. The summed E-state index contributed by atoms with van der Waals surface area (Å²) in [7, 11) is 0. The minimum atomic E-state index is 0. The van der Waals surface area contributed by atoms with Crippen molar-refractivity contribution in [3.05, 3.63) is 0 Å². The highest BCUT2D eigenvalue weighted by Gasteiger charge is 2.12. The lowest BCUT2D eigenvalue weighted by Gasteiger charge is -2.09. The average molecular weight is 129 g/mol. The van der Waals surface area contributed by atoms with E-state index in [0.717, 1.165) is 6.04 Å². The molecule has 0 aromatic heterocycles. The van der Waals surface area contributed by atoms with Gasteiger partial charge in [0.05, 0.1) is 0 Å². The summed E-state index contributed by atoms with van der Waals surface area (Å²) in [4.78, 5) is 0. The summed E-state index contributed by atoms with van der Waals surface area (Å²) in [6.07, 6.45) is 7.00. The Morgan fingerprint density at radius 3 is 2.67 bits per heavy atom. The minimum Gasteiger partial charge on any atom is -0.314 e. The third-order valence-corrected chi connectivity index (χ3v) is 2.04. The smallest absolute Gasteiger partial charge is 0.00670 e. The van der Waals surface area contributed by atoms with Crippen LogP contribution in [0, 0.1) is 0 Å². The van der Waals surface area contributed by atoms with Gasteiger partial charge in [0.25, 0.3) is 0 Å². The molecule has 0 heterocycles. The lowest BCUT2D eigenvalue weighted by Crippen LogP contribution is -2.26. The lowest BCUT2D eigenvalue weighted by molar-refractivity contribution is 0.523. The number of nitrogens with one attached hydrogen (secondary N) is 1. The molecule has 1 fully saturated rings. The van der Waals surface area contributed by atoms with Crippen molar-refractivity contribution >= 4 is 0 Å². The summed E-state index contributed by atoms with van der Waals surface area (Å²) < 4.78 is 0. The van der Waals surface area contributed by atoms with Crippen molar-refractivity contribution < 1.29 is 1.43 Å². The maximum atomic E-state index is 3.53. The first kappa shape index (κ1) is 7.07. The van der Waals surface area contributed by atoms with Crippen LogP contribution in [0.4, 0.5) is 0 Å². The van der Waals surface area contributed by atoms with E-state index in [2.05, 4.69) is 12.2 Å². The second kappa shape index (κ2) is 3.89. The highest BCUT2D eigenvalue weighted by Crippen LogP contribution is 2.17. The Bertz CT molecular complexity index is 69.7. The zero-order valence-electron chi connectivity index (χ0n) is 6.32. The van der Waals surface area contributed by atoms with Crippen molar-refractivity contribution in [1.29, 1.82) is 0 Å². The Balaban J connectivity index is 0.000000810. The standard InChI is InChI=1S/C8H17N.H2/c1-2-7-9-8-5-3-4-6-8;/h8-9H,2-7H2,1H3;1H. The van der Waals surface area contributed by atoms with Crippen LogP contribution in [0.2, 0.25) is 0 Å². The van der Waals surface area contributed by atoms with Gasteiger partial charge >= 0.3 is 0 Å². The van der Waals surface area contributed by atoms with Gasteiger partial charge in [-0.2, -0.15) is 0 Å². The highest BCUT2D eigenvalue weighted by atomic mass is 14.9. The van der Waals surface area contributed by atoms with Crippen LogP contribution in [-0.4, -0.2) is 12.6 Å². The fourth-order valence-corrected chi connectivity index (χ4v) is 1.48. The van der Waals surface area contributed by atoms with E-state index in [1.54, 1.807) is 0 Å². The molecule has 1 rings (SSSR count). The Morgan fingerprint density at radius 2 is 2.11 bits per heavy atom. The van der Waals surface area contributed by atoms with Gasteiger partial charge in [0.1, 0.15) is 0 Å². The number of rotatable bonds is 3. The monoisotopic (exact) mass is 129 g/mol. The molecule has 1 saturated carbocycles. The van der Waals surface area contributed by atoms with Crippen LogP contribution in [-0.2, 0) is 0 Å². The van der Waals surface area contributed by atoms with Crippen LogP contribution in [0.25, 0.3) is 0 Å². The van der Waals surface area contributed by atoms with Crippen LogP contribution in [0.5, 0.6) is 0 Å². The van der Waals surface area contributed by atoms with E-state index in [9.17, 15) is 0 Å². The molecule has 0 aromatic carbocycles. The Kier molecular flexibility index (Phi) is 3.05.